The number of aromatic nitrogens is 2. The van der Waals surface area contributed by atoms with Crippen LogP contribution >= 0.6 is 11.6 Å². The number of halogens is 1. The fraction of sp³-hybridized carbons (Fsp3) is 0.537. The molecule has 1 aliphatic carbocycles. The zero-order chi connectivity index (χ0) is 37.1. The Morgan fingerprint density at radius 2 is 1.81 bits per heavy atom. The SMILES string of the molecule is Cc1cc(C2CCC(N3CC(C(=O)NCCCCCc4cccc5c4C(=O)N(C4CCC(=O)NC4=O)C5)OCC3Cc3ccc(Cl)cc3)CC2)nn1C. The van der Waals surface area contributed by atoms with Gasteiger partial charge in [-0.15, -0.1) is 0 Å². The number of benzene rings is 2. The number of nitrogens with one attached hydrogen (secondary N) is 2. The van der Waals surface area contributed by atoms with Crippen molar-refractivity contribution >= 4 is 35.2 Å². The van der Waals surface area contributed by atoms with E-state index in [-0.39, 0.29) is 30.2 Å². The summed E-state index contributed by atoms with van der Waals surface area (Å²) in [5.74, 6) is -0.404. The number of amides is 4. The summed E-state index contributed by atoms with van der Waals surface area (Å²) in [4.78, 5) is 55.1. The Hall–Kier alpha value is -4.06. The zero-order valence-electron chi connectivity index (χ0n) is 30.8. The van der Waals surface area contributed by atoms with E-state index in [1.165, 1.54) is 17.0 Å². The molecule has 4 aliphatic rings. The Morgan fingerprint density at radius 1 is 1.02 bits per heavy atom. The number of hydrogen-bond donors (Lipinski definition) is 2. The lowest BCUT2D eigenvalue weighted by Gasteiger charge is -2.45. The smallest absolute Gasteiger partial charge is 0.255 e. The van der Waals surface area contributed by atoms with E-state index in [0.717, 1.165) is 73.9 Å². The van der Waals surface area contributed by atoms with Crippen LogP contribution < -0.4 is 10.6 Å². The van der Waals surface area contributed by atoms with E-state index in [4.69, 9.17) is 21.4 Å². The first-order valence-electron chi connectivity index (χ1n) is 19.3. The summed E-state index contributed by atoms with van der Waals surface area (Å²) in [7, 11) is 2.00. The topological polar surface area (TPSA) is 126 Å². The molecule has 11 nitrogen and oxygen atoms in total. The predicted molar refractivity (Wildman–Crippen MR) is 201 cm³/mol. The summed E-state index contributed by atoms with van der Waals surface area (Å²) in [5.41, 5.74) is 6.20. The van der Waals surface area contributed by atoms with Gasteiger partial charge in [-0.1, -0.05) is 48.4 Å². The third kappa shape index (κ3) is 8.53. The highest BCUT2D eigenvalue weighted by molar-refractivity contribution is 6.30. The molecule has 12 heteroatoms. The van der Waals surface area contributed by atoms with Crippen molar-refractivity contribution < 1.29 is 23.9 Å². The van der Waals surface area contributed by atoms with E-state index in [9.17, 15) is 19.2 Å². The summed E-state index contributed by atoms with van der Waals surface area (Å²) >= 11 is 6.17. The van der Waals surface area contributed by atoms with Gasteiger partial charge < -0.3 is 15.0 Å². The van der Waals surface area contributed by atoms with Crippen LogP contribution in [-0.2, 0) is 45.6 Å². The minimum atomic E-state index is -0.616. The van der Waals surface area contributed by atoms with Crippen LogP contribution in [0.1, 0.15) is 102 Å². The summed E-state index contributed by atoms with van der Waals surface area (Å²) in [6.45, 7) is 4.13. The lowest BCUT2D eigenvalue weighted by Crippen LogP contribution is -2.58. The maximum Gasteiger partial charge on any atom is 0.255 e. The second-order valence-corrected chi connectivity index (χ2v) is 15.7. The lowest BCUT2D eigenvalue weighted by molar-refractivity contribution is -0.145. The number of nitrogens with zero attached hydrogens (tertiary/aromatic N) is 4. The van der Waals surface area contributed by atoms with Crippen LogP contribution in [0.15, 0.2) is 48.5 Å². The molecule has 282 valence electrons. The van der Waals surface area contributed by atoms with Crippen LogP contribution in [0.25, 0.3) is 0 Å². The average Bonchev–Trinajstić information content (AvgIpc) is 3.68. The highest BCUT2D eigenvalue weighted by atomic mass is 35.5. The Morgan fingerprint density at radius 3 is 2.55 bits per heavy atom. The second kappa shape index (κ2) is 16.5. The van der Waals surface area contributed by atoms with Gasteiger partial charge in [-0.05, 0) is 99.6 Å². The first kappa shape index (κ1) is 37.3. The van der Waals surface area contributed by atoms with Crippen LogP contribution in [0.5, 0.6) is 0 Å². The minimum absolute atomic E-state index is 0.0578. The van der Waals surface area contributed by atoms with Gasteiger partial charge in [-0.25, -0.2) is 0 Å². The number of fused-ring (bicyclic) bond motifs is 1. The molecule has 0 radical (unpaired) electrons. The van der Waals surface area contributed by atoms with Gasteiger partial charge in [0.2, 0.25) is 17.7 Å². The summed E-state index contributed by atoms with van der Waals surface area (Å²) in [5, 5.41) is 11.0. The van der Waals surface area contributed by atoms with E-state index in [0.29, 0.717) is 50.2 Å². The molecule has 0 bridgehead atoms. The van der Waals surface area contributed by atoms with Crippen molar-refractivity contribution in [2.75, 3.05) is 19.7 Å². The summed E-state index contributed by atoms with van der Waals surface area (Å²) in [6, 6.07) is 16.1. The van der Waals surface area contributed by atoms with E-state index < -0.39 is 18.1 Å². The molecule has 7 rings (SSSR count). The molecule has 1 aromatic heterocycles. The summed E-state index contributed by atoms with van der Waals surface area (Å²) < 4.78 is 8.22. The zero-order valence-corrected chi connectivity index (χ0v) is 31.6. The molecular formula is C41H51ClN6O5. The van der Waals surface area contributed by atoms with Gasteiger partial charge in [0.25, 0.3) is 5.91 Å². The molecule has 1 saturated carbocycles. The first-order chi connectivity index (χ1) is 25.6. The van der Waals surface area contributed by atoms with Crippen molar-refractivity contribution in [2.24, 2.45) is 7.05 Å². The summed E-state index contributed by atoms with van der Waals surface area (Å²) in [6.07, 6.45) is 8.56. The molecule has 3 fully saturated rings. The van der Waals surface area contributed by atoms with Crippen molar-refractivity contribution in [3.05, 3.63) is 87.2 Å². The molecule has 0 spiro atoms. The fourth-order valence-corrected chi connectivity index (χ4v) is 8.85. The van der Waals surface area contributed by atoms with Gasteiger partial charge in [0.1, 0.15) is 12.1 Å². The standard InChI is InChI=1S/C41H51ClN6O5/c1-26-21-34(45-46(26)2)28-12-16-32(17-13-28)47-24-36(53-25-33(47)22-27-10-14-31(42)15-11-27)40(51)43-20-5-3-4-7-29-8-6-9-30-23-48(41(52)38(29)30)35-18-19-37(49)44-39(35)50/h6,8-11,14-15,21,28,32-33,35-36H,3-5,7,12-13,16-20,22-25H2,1-2H3,(H,43,51)(H,44,49,50). The monoisotopic (exact) mass is 742 g/mol. The molecule has 3 atom stereocenters. The average molecular weight is 743 g/mol. The fourth-order valence-electron chi connectivity index (χ4n) is 8.72. The van der Waals surface area contributed by atoms with Crippen LogP contribution in [0.3, 0.4) is 0 Å². The highest BCUT2D eigenvalue weighted by Crippen LogP contribution is 2.36. The number of hydrogen-bond acceptors (Lipinski definition) is 7. The van der Waals surface area contributed by atoms with Gasteiger partial charge >= 0.3 is 0 Å². The van der Waals surface area contributed by atoms with E-state index in [1.807, 2.05) is 42.1 Å². The van der Waals surface area contributed by atoms with Gasteiger partial charge in [0.15, 0.2) is 0 Å². The van der Waals surface area contributed by atoms with Gasteiger partial charge in [-0.2, -0.15) is 5.10 Å². The van der Waals surface area contributed by atoms with E-state index in [2.05, 4.69) is 40.7 Å². The number of carbonyl (C=O) groups excluding carboxylic acids is 4. The van der Waals surface area contributed by atoms with E-state index >= 15 is 0 Å². The molecule has 2 aromatic carbocycles. The van der Waals surface area contributed by atoms with Crippen LogP contribution in [0.2, 0.25) is 5.02 Å². The van der Waals surface area contributed by atoms with Gasteiger partial charge in [0.05, 0.1) is 12.3 Å². The third-order valence-corrected chi connectivity index (χ3v) is 12.0. The number of imide groups is 1. The van der Waals surface area contributed by atoms with Crippen molar-refractivity contribution in [1.29, 1.82) is 0 Å². The van der Waals surface area contributed by atoms with E-state index in [1.54, 1.807) is 4.90 Å². The largest absolute Gasteiger partial charge is 0.365 e. The molecule has 53 heavy (non-hydrogen) atoms. The van der Waals surface area contributed by atoms with Crippen molar-refractivity contribution in [1.82, 2.24) is 30.2 Å². The molecule has 4 heterocycles. The number of ether oxygens (including phenoxy) is 1. The van der Waals surface area contributed by atoms with Crippen molar-refractivity contribution in [3.8, 4) is 0 Å². The Balaban J connectivity index is 0.893. The number of carbonyl (C=O) groups is 4. The molecule has 4 amide bonds. The third-order valence-electron chi connectivity index (χ3n) is 11.8. The maximum absolute atomic E-state index is 13.4. The molecule has 3 aromatic rings. The molecule has 2 saturated heterocycles. The predicted octanol–water partition coefficient (Wildman–Crippen LogP) is 5.01. The van der Waals surface area contributed by atoms with Gasteiger partial charge in [-0.3, -0.25) is 34.1 Å². The molecule has 3 unspecified atom stereocenters. The number of unbranched alkanes of at least 4 members (excludes halogenated alkanes) is 2. The van der Waals surface area contributed by atoms with Gasteiger partial charge in [0, 0.05) is 67.4 Å². The molecule has 2 N–H and O–H groups in total. The number of morpholine rings is 1. The number of piperidine rings is 1. The maximum atomic E-state index is 13.4. The quantitative estimate of drug-likeness (QED) is 0.198. The number of aryl methyl sites for hydroxylation is 3. The molecular weight excluding hydrogens is 692 g/mol. The Labute approximate surface area is 316 Å². The lowest BCUT2D eigenvalue weighted by atomic mass is 9.82. The minimum Gasteiger partial charge on any atom is -0.365 e. The van der Waals surface area contributed by atoms with Crippen LogP contribution in [0.4, 0.5) is 0 Å². The van der Waals surface area contributed by atoms with Crippen LogP contribution in [0, 0.1) is 6.92 Å². The molecule has 3 aliphatic heterocycles. The Bertz CT molecular complexity index is 1800. The highest BCUT2D eigenvalue weighted by Gasteiger charge is 2.41. The first-order valence-corrected chi connectivity index (χ1v) is 19.7. The number of rotatable bonds is 12. The van der Waals surface area contributed by atoms with Crippen molar-refractivity contribution in [2.45, 2.75) is 114 Å². The van der Waals surface area contributed by atoms with Crippen molar-refractivity contribution in [3.63, 3.8) is 0 Å². The second-order valence-electron chi connectivity index (χ2n) is 15.3. The normalized spacial score (nSPS) is 25.0. The van der Waals surface area contributed by atoms with Crippen LogP contribution in [-0.4, -0.2) is 87.1 Å². The Kier molecular flexibility index (Phi) is 11.6.